The summed E-state index contributed by atoms with van der Waals surface area (Å²) >= 11 is 0. The Morgan fingerprint density at radius 3 is 2.30 bits per heavy atom. The molecule has 0 amide bonds. The van der Waals surface area contributed by atoms with Crippen LogP contribution in [-0.4, -0.2) is 74.5 Å². The molecule has 174 valence electrons. The predicted molar refractivity (Wildman–Crippen MR) is 130 cm³/mol. The van der Waals surface area contributed by atoms with Crippen LogP contribution >= 0.6 is 0 Å². The molecule has 5 rings (SSSR count). The number of rotatable bonds is 6. The van der Waals surface area contributed by atoms with Gasteiger partial charge in [0.15, 0.2) is 11.5 Å². The summed E-state index contributed by atoms with van der Waals surface area (Å²) in [6.07, 6.45) is 2.21. The minimum Gasteiger partial charge on any atom is -0.493 e. The van der Waals surface area contributed by atoms with E-state index < -0.39 is 0 Å². The van der Waals surface area contributed by atoms with Crippen molar-refractivity contribution >= 4 is 28.4 Å². The molecule has 2 saturated heterocycles. The van der Waals surface area contributed by atoms with E-state index in [9.17, 15) is 0 Å². The van der Waals surface area contributed by atoms with Gasteiger partial charge in [0, 0.05) is 49.4 Å². The third-order valence-corrected chi connectivity index (χ3v) is 6.54. The van der Waals surface area contributed by atoms with Crippen LogP contribution in [0.5, 0.6) is 11.5 Å². The molecule has 2 aromatic carbocycles. The monoisotopic (exact) mass is 449 g/mol. The maximum Gasteiger partial charge on any atom is 0.227 e. The van der Waals surface area contributed by atoms with Gasteiger partial charge in [-0.2, -0.15) is 4.98 Å². The summed E-state index contributed by atoms with van der Waals surface area (Å²) in [5.74, 6) is 2.82. The average molecular weight is 450 g/mol. The third-order valence-electron chi connectivity index (χ3n) is 6.54. The van der Waals surface area contributed by atoms with Crippen molar-refractivity contribution in [3.63, 3.8) is 0 Å². The van der Waals surface area contributed by atoms with Crippen molar-refractivity contribution in [1.29, 1.82) is 0 Å². The van der Waals surface area contributed by atoms with E-state index in [1.807, 2.05) is 42.5 Å². The van der Waals surface area contributed by atoms with Crippen LogP contribution in [0.25, 0.3) is 10.9 Å². The van der Waals surface area contributed by atoms with Gasteiger partial charge in [0.05, 0.1) is 33.0 Å². The van der Waals surface area contributed by atoms with E-state index in [4.69, 9.17) is 24.2 Å². The standard InChI is InChI=1S/C25H31N5O3/c1-31-22-16-20-21(17-23(22)32-2)27-25(28-24(20)26-18-6-4-3-5-7-18)30-10-8-19(9-11-30)29-12-14-33-15-13-29/h3-7,16-17,19H,8-15H2,1-2H3,(H,26,27,28). The quantitative estimate of drug-likeness (QED) is 0.611. The SMILES string of the molecule is COc1cc2nc(N3CCC(N4CCOCC4)CC3)nc(Nc3ccccc3)c2cc1OC. The molecular formula is C25H31N5O3. The molecule has 33 heavy (non-hydrogen) atoms. The number of hydrogen-bond acceptors (Lipinski definition) is 8. The Kier molecular flexibility index (Phi) is 6.46. The lowest BCUT2D eigenvalue weighted by molar-refractivity contribution is 0.0114. The zero-order valence-corrected chi connectivity index (χ0v) is 19.3. The first-order valence-corrected chi connectivity index (χ1v) is 11.6. The maximum atomic E-state index is 5.53. The van der Waals surface area contributed by atoms with E-state index >= 15 is 0 Å². The van der Waals surface area contributed by atoms with Crippen LogP contribution in [0.1, 0.15) is 12.8 Å². The molecule has 2 aliphatic rings. The lowest BCUT2D eigenvalue weighted by Gasteiger charge is -2.40. The van der Waals surface area contributed by atoms with Gasteiger partial charge in [-0.3, -0.25) is 4.90 Å². The first kappa shape index (κ1) is 21.7. The summed E-state index contributed by atoms with van der Waals surface area (Å²) in [6, 6.07) is 14.5. The molecule has 0 aliphatic carbocycles. The van der Waals surface area contributed by atoms with Crippen molar-refractivity contribution in [2.75, 3.05) is 63.8 Å². The highest BCUT2D eigenvalue weighted by Crippen LogP contribution is 2.36. The van der Waals surface area contributed by atoms with Crippen molar-refractivity contribution in [1.82, 2.24) is 14.9 Å². The summed E-state index contributed by atoms with van der Waals surface area (Å²) in [5.41, 5.74) is 1.80. The summed E-state index contributed by atoms with van der Waals surface area (Å²) < 4.78 is 16.6. The van der Waals surface area contributed by atoms with Crippen LogP contribution < -0.4 is 19.7 Å². The number of nitrogens with zero attached hydrogens (tertiary/aromatic N) is 4. The molecule has 0 saturated carbocycles. The molecular weight excluding hydrogens is 418 g/mol. The maximum absolute atomic E-state index is 5.53. The molecule has 8 heteroatoms. The molecule has 1 N–H and O–H groups in total. The first-order valence-electron chi connectivity index (χ1n) is 11.6. The van der Waals surface area contributed by atoms with Gasteiger partial charge in [-0.25, -0.2) is 4.98 Å². The highest BCUT2D eigenvalue weighted by molar-refractivity contribution is 5.94. The summed E-state index contributed by atoms with van der Waals surface area (Å²) in [7, 11) is 3.28. The van der Waals surface area contributed by atoms with Crippen LogP contribution in [-0.2, 0) is 4.74 Å². The smallest absolute Gasteiger partial charge is 0.227 e. The van der Waals surface area contributed by atoms with E-state index in [1.165, 1.54) is 0 Å². The predicted octanol–water partition coefficient (Wildman–Crippen LogP) is 3.69. The largest absolute Gasteiger partial charge is 0.493 e. The van der Waals surface area contributed by atoms with E-state index in [2.05, 4.69) is 15.1 Å². The third kappa shape index (κ3) is 4.67. The fourth-order valence-corrected chi connectivity index (χ4v) is 4.71. The van der Waals surface area contributed by atoms with Crippen molar-refractivity contribution in [2.24, 2.45) is 0 Å². The second kappa shape index (κ2) is 9.80. The second-order valence-electron chi connectivity index (χ2n) is 8.45. The Labute approximate surface area is 194 Å². The molecule has 8 nitrogen and oxygen atoms in total. The molecule has 0 bridgehead atoms. The number of aromatic nitrogens is 2. The van der Waals surface area contributed by atoms with Crippen LogP contribution in [0.4, 0.5) is 17.5 Å². The number of anilines is 3. The van der Waals surface area contributed by atoms with E-state index in [0.717, 1.165) is 80.6 Å². The molecule has 0 radical (unpaired) electrons. The van der Waals surface area contributed by atoms with Crippen molar-refractivity contribution in [3.05, 3.63) is 42.5 Å². The highest BCUT2D eigenvalue weighted by Gasteiger charge is 2.27. The molecule has 0 spiro atoms. The molecule has 2 fully saturated rings. The summed E-state index contributed by atoms with van der Waals surface area (Å²) in [4.78, 5) is 14.8. The van der Waals surface area contributed by atoms with Crippen molar-refractivity contribution in [3.8, 4) is 11.5 Å². The van der Waals surface area contributed by atoms with E-state index in [-0.39, 0.29) is 0 Å². The van der Waals surface area contributed by atoms with Gasteiger partial charge in [0.25, 0.3) is 0 Å². The molecule has 1 aromatic heterocycles. The average Bonchev–Trinajstić information content (AvgIpc) is 2.89. The zero-order valence-electron chi connectivity index (χ0n) is 19.3. The van der Waals surface area contributed by atoms with Gasteiger partial charge in [0.1, 0.15) is 5.82 Å². The zero-order chi connectivity index (χ0) is 22.6. The summed E-state index contributed by atoms with van der Waals surface area (Å²) in [6.45, 7) is 5.62. The van der Waals surface area contributed by atoms with Crippen LogP contribution in [0.15, 0.2) is 42.5 Å². The lowest BCUT2D eigenvalue weighted by Crippen LogP contribution is -2.49. The van der Waals surface area contributed by atoms with Crippen LogP contribution in [0.2, 0.25) is 0 Å². The number of ether oxygens (including phenoxy) is 3. The fourth-order valence-electron chi connectivity index (χ4n) is 4.71. The number of morpholine rings is 1. The number of methoxy groups -OCH3 is 2. The first-order chi connectivity index (χ1) is 16.2. The molecule has 3 aromatic rings. The van der Waals surface area contributed by atoms with Crippen LogP contribution in [0, 0.1) is 0 Å². The van der Waals surface area contributed by atoms with Gasteiger partial charge in [0.2, 0.25) is 5.95 Å². The Balaban J connectivity index is 1.46. The van der Waals surface area contributed by atoms with E-state index in [0.29, 0.717) is 17.5 Å². The minimum absolute atomic E-state index is 0.608. The minimum atomic E-state index is 0.608. The Morgan fingerprint density at radius 2 is 1.61 bits per heavy atom. The van der Waals surface area contributed by atoms with Gasteiger partial charge in [-0.05, 0) is 31.0 Å². The molecule has 0 atom stereocenters. The van der Waals surface area contributed by atoms with Gasteiger partial charge in [-0.15, -0.1) is 0 Å². The fraction of sp³-hybridized carbons (Fsp3) is 0.440. The van der Waals surface area contributed by atoms with Gasteiger partial charge < -0.3 is 24.4 Å². The Hall–Kier alpha value is -3.10. The molecule has 0 unspecified atom stereocenters. The number of fused-ring (bicyclic) bond motifs is 1. The second-order valence-corrected chi connectivity index (χ2v) is 8.45. The highest BCUT2D eigenvalue weighted by atomic mass is 16.5. The number of nitrogens with one attached hydrogen (secondary N) is 1. The number of benzene rings is 2. The molecule has 2 aliphatic heterocycles. The topological polar surface area (TPSA) is 72.0 Å². The van der Waals surface area contributed by atoms with E-state index in [1.54, 1.807) is 14.2 Å². The van der Waals surface area contributed by atoms with Gasteiger partial charge >= 0.3 is 0 Å². The van der Waals surface area contributed by atoms with Crippen molar-refractivity contribution in [2.45, 2.75) is 18.9 Å². The lowest BCUT2D eigenvalue weighted by atomic mass is 10.0. The number of piperidine rings is 1. The normalized spacial score (nSPS) is 17.8. The van der Waals surface area contributed by atoms with Crippen molar-refractivity contribution < 1.29 is 14.2 Å². The number of para-hydroxylation sites is 1. The Morgan fingerprint density at radius 1 is 0.909 bits per heavy atom. The summed E-state index contributed by atoms with van der Waals surface area (Å²) in [5, 5.41) is 4.37. The van der Waals surface area contributed by atoms with Gasteiger partial charge in [-0.1, -0.05) is 18.2 Å². The number of hydrogen-bond donors (Lipinski definition) is 1. The Bertz CT molecular complexity index is 1080. The van der Waals surface area contributed by atoms with Crippen LogP contribution in [0.3, 0.4) is 0 Å². The molecule has 3 heterocycles.